The van der Waals surface area contributed by atoms with Crippen molar-refractivity contribution in [2.24, 2.45) is 4.99 Å². The van der Waals surface area contributed by atoms with Gasteiger partial charge in [0.2, 0.25) is 0 Å². The number of rotatable bonds is 7. The molecule has 0 radical (unpaired) electrons. The highest BCUT2D eigenvalue weighted by atomic mass is 32.1. The lowest BCUT2D eigenvalue weighted by atomic mass is 10.1. The number of hydrogen-bond donors (Lipinski definition) is 2. The summed E-state index contributed by atoms with van der Waals surface area (Å²) in [6.07, 6.45) is 3.11. The third kappa shape index (κ3) is 5.19. The highest BCUT2D eigenvalue weighted by Crippen LogP contribution is 2.28. The number of guanidine groups is 1. The van der Waals surface area contributed by atoms with Crippen molar-refractivity contribution in [1.82, 2.24) is 15.6 Å². The van der Waals surface area contributed by atoms with Crippen molar-refractivity contribution in [1.29, 1.82) is 0 Å². The zero-order valence-corrected chi connectivity index (χ0v) is 15.7. The average Bonchev–Trinajstić information content (AvgIpc) is 3.21. The molecule has 0 saturated heterocycles. The molecular formula is C19H26N4OS. The van der Waals surface area contributed by atoms with Gasteiger partial charge < -0.3 is 15.4 Å². The normalized spacial score (nSPS) is 16.4. The lowest BCUT2D eigenvalue weighted by Crippen LogP contribution is -2.38. The van der Waals surface area contributed by atoms with Crippen LogP contribution in [0.3, 0.4) is 0 Å². The van der Waals surface area contributed by atoms with E-state index < -0.39 is 0 Å². The fourth-order valence-corrected chi connectivity index (χ4v) is 3.67. The fourth-order valence-electron chi connectivity index (χ4n) is 2.85. The third-order valence-electron chi connectivity index (χ3n) is 4.04. The highest BCUT2D eigenvalue weighted by Gasteiger charge is 2.21. The Labute approximate surface area is 153 Å². The van der Waals surface area contributed by atoms with Crippen molar-refractivity contribution in [2.75, 3.05) is 19.6 Å². The molecule has 1 atom stereocenters. The zero-order valence-electron chi connectivity index (χ0n) is 14.9. The van der Waals surface area contributed by atoms with Crippen LogP contribution in [0.25, 0.3) is 0 Å². The molecule has 2 aromatic rings. The maximum absolute atomic E-state index is 5.95. The summed E-state index contributed by atoms with van der Waals surface area (Å²) in [5.41, 5.74) is 2.39. The molecule has 1 unspecified atom stereocenters. The molecule has 2 N–H and O–H groups in total. The first-order valence-electron chi connectivity index (χ1n) is 8.92. The van der Waals surface area contributed by atoms with E-state index in [0.29, 0.717) is 6.54 Å². The van der Waals surface area contributed by atoms with E-state index in [2.05, 4.69) is 45.0 Å². The largest absolute Gasteiger partial charge is 0.488 e. The number of aliphatic imine (C=N–C) groups is 1. The molecule has 2 heterocycles. The van der Waals surface area contributed by atoms with Crippen LogP contribution in [0.2, 0.25) is 0 Å². The topological polar surface area (TPSA) is 58.5 Å². The minimum Gasteiger partial charge on any atom is -0.488 e. The van der Waals surface area contributed by atoms with Crippen molar-refractivity contribution in [3.8, 4) is 5.75 Å². The second-order valence-electron chi connectivity index (χ2n) is 6.18. The summed E-state index contributed by atoms with van der Waals surface area (Å²) >= 11 is 1.74. The maximum Gasteiger partial charge on any atom is 0.191 e. The van der Waals surface area contributed by atoms with Crippen LogP contribution in [0, 0.1) is 6.92 Å². The lowest BCUT2D eigenvalue weighted by Gasteiger charge is -2.13. The van der Waals surface area contributed by atoms with Gasteiger partial charge in [0, 0.05) is 37.0 Å². The average molecular weight is 359 g/mol. The Balaban J connectivity index is 1.43. The smallest absolute Gasteiger partial charge is 0.191 e. The standard InChI is InChI=1S/C19H26N4OS/c1-3-20-19(21-10-6-9-18-23-14(2)13-25-18)22-12-16-11-15-7-4-5-8-17(15)24-16/h4-5,7-8,13,16H,3,6,9-12H2,1-2H3,(H2,20,21,22). The Morgan fingerprint density at radius 2 is 2.24 bits per heavy atom. The van der Waals surface area contributed by atoms with Gasteiger partial charge in [-0.2, -0.15) is 0 Å². The molecule has 5 nitrogen and oxygen atoms in total. The quantitative estimate of drug-likeness (QED) is 0.454. The van der Waals surface area contributed by atoms with E-state index in [1.165, 1.54) is 10.6 Å². The van der Waals surface area contributed by atoms with E-state index in [-0.39, 0.29) is 6.10 Å². The molecule has 0 saturated carbocycles. The molecule has 25 heavy (non-hydrogen) atoms. The Kier molecular flexibility index (Phi) is 6.28. The Morgan fingerprint density at radius 1 is 1.36 bits per heavy atom. The molecule has 1 aliphatic rings. The van der Waals surface area contributed by atoms with Crippen molar-refractivity contribution in [3.63, 3.8) is 0 Å². The Bertz CT molecular complexity index is 688. The monoisotopic (exact) mass is 358 g/mol. The predicted octanol–water partition coefficient (Wildman–Crippen LogP) is 2.94. The molecule has 1 aliphatic heterocycles. The molecule has 0 spiro atoms. The number of hydrogen-bond acceptors (Lipinski definition) is 4. The molecule has 3 rings (SSSR count). The summed E-state index contributed by atoms with van der Waals surface area (Å²) in [5, 5.41) is 10.0. The number of thiazole rings is 1. The van der Waals surface area contributed by atoms with Gasteiger partial charge in [-0.1, -0.05) is 18.2 Å². The van der Waals surface area contributed by atoms with Crippen molar-refractivity contribution < 1.29 is 4.74 Å². The van der Waals surface area contributed by atoms with E-state index in [1.807, 2.05) is 19.1 Å². The van der Waals surface area contributed by atoms with Gasteiger partial charge in [-0.25, -0.2) is 9.98 Å². The molecule has 134 valence electrons. The maximum atomic E-state index is 5.95. The van der Waals surface area contributed by atoms with Gasteiger partial charge in [-0.05, 0) is 31.9 Å². The van der Waals surface area contributed by atoms with Crippen LogP contribution in [0.15, 0.2) is 34.6 Å². The van der Waals surface area contributed by atoms with E-state index in [9.17, 15) is 0 Å². The van der Waals surface area contributed by atoms with Crippen molar-refractivity contribution in [3.05, 3.63) is 45.9 Å². The number of aromatic nitrogens is 1. The number of aryl methyl sites for hydroxylation is 2. The number of ether oxygens (including phenoxy) is 1. The fraction of sp³-hybridized carbons (Fsp3) is 0.474. The van der Waals surface area contributed by atoms with Crippen LogP contribution >= 0.6 is 11.3 Å². The molecule has 0 bridgehead atoms. The van der Waals surface area contributed by atoms with E-state index in [4.69, 9.17) is 4.74 Å². The van der Waals surface area contributed by atoms with Crippen LogP contribution in [0.1, 0.15) is 29.6 Å². The second kappa shape index (κ2) is 8.85. The predicted molar refractivity (Wildman–Crippen MR) is 104 cm³/mol. The lowest BCUT2D eigenvalue weighted by molar-refractivity contribution is 0.241. The van der Waals surface area contributed by atoms with Crippen LogP contribution < -0.4 is 15.4 Å². The van der Waals surface area contributed by atoms with E-state index in [1.54, 1.807) is 11.3 Å². The van der Waals surface area contributed by atoms with Gasteiger partial charge in [0.05, 0.1) is 11.6 Å². The molecule has 1 aromatic heterocycles. The molecule has 0 amide bonds. The number of para-hydroxylation sites is 1. The first kappa shape index (κ1) is 17.7. The number of benzene rings is 1. The number of nitrogens with one attached hydrogen (secondary N) is 2. The molecular weight excluding hydrogens is 332 g/mol. The summed E-state index contributed by atoms with van der Waals surface area (Å²) in [6, 6.07) is 8.23. The first-order valence-corrected chi connectivity index (χ1v) is 9.80. The van der Waals surface area contributed by atoms with Gasteiger partial charge in [0.1, 0.15) is 11.9 Å². The second-order valence-corrected chi connectivity index (χ2v) is 7.13. The van der Waals surface area contributed by atoms with Crippen molar-refractivity contribution in [2.45, 2.75) is 39.2 Å². The van der Waals surface area contributed by atoms with E-state index in [0.717, 1.165) is 49.8 Å². The van der Waals surface area contributed by atoms with Crippen LogP contribution in [0.4, 0.5) is 0 Å². The summed E-state index contributed by atoms with van der Waals surface area (Å²) in [6.45, 7) is 6.52. The van der Waals surface area contributed by atoms with E-state index >= 15 is 0 Å². The first-order chi connectivity index (χ1) is 12.2. The van der Waals surface area contributed by atoms with Crippen molar-refractivity contribution >= 4 is 17.3 Å². The van der Waals surface area contributed by atoms with Crippen LogP contribution in [-0.4, -0.2) is 36.7 Å². The molecule has 0 aliphatic carbocycles. The van der Waals surface area contributed by atoms with Crippen LogP contribution in [-0.2, 0) is 12.8 Å². The van der Waals surface area contributed by atoms with Gasteiger partial charge in [0.15, 0.2) is 5.96 Å². The third-order valence-corrected chi connectivity index (χ3v) is 5.06. The molecule has 1 aromatic carbocycles. The summed E-state index contributed by atoms with van der Waals surface area (Å²) in [5.74, 6) is 1.86. The minimum atomic E-state index is 0.131. The Hall–Kier alpha value is -2.08. The Morgan fingerprint density at radius 3 is 3.00 bits per heavy atom. The summed E-state index contributed by atoms with van der Waals surface area (Å²) < 4.78 is 5.95. The van der Waals surface area contributed by atoms with Gasteiger partial charge in [0.25, 0.3) is 0 Å². The number of fused-ring (bicyclic) bond motifs is 1. The SMILES string of the molecule is CCNC(=NCC1Cc2ccccc2O1)NCCCc1nc(C)cs1. The summed E-state index contributed by atoms with van der Waals surface area (Å²) in [7, 11) is 0. The zero-order chi connectivity index (χ0) is 17.5. The van der Waals surface area contributed by atoms with Crippen LogP contribution in [0.5, 0.6) is 5.75 Å². The molecule has 6 heteroatoms. The summed E-state index contributed by atoms with van der Waals surface area (Å²) in [4.78, 5) is 9.18. The minimum absolute atomic E-state index is 0.131. The number of nitrogens with zero attached hydrogens (tertiary/aromatic N) is 2. The molecule has 0 fully saturated rings. The van der Waals surface area contributed by atoms with Gasteiger partial charge in [-0.15, -0.1) is 11.3 Å². The van der Waals surface area contributed by atoms with Gasteiger partial charge in [-0.3, -0.25) is 0 Å². The highest BCUT2D eigenvalue weighted by molar-refractivity contribution is 7.09. The van der Waals surface area contributed by atoms with Gasteiger partial charge >= 0.3 is 0 Å².